The van der Waals surface area contributed by atoms with E-state index in [2.05, 4.69) is 12.2 Å². The third-order valence-electron chi connectivity index (χ3n) is 3.85. The first-order chi connectivity index (χ1) is 13.0. The zero-order chi connectivity index (χ0) is 19.7. The first kappa shape index (κ1) is 20.0. The van der Waals surface area contributed by atoms with Crippen LogP contribution in [-0.2, 0) is 32.3 Å². The smallest absolute Gasteiger partial charge is 0.344 e. The number of hydrogen-bond donors (Lipinski definition) is 3. The molecule has 27 heavy (non-hydrogen) atoms. The molecule has 0 saturated heterocycles. The summed E-state index contributed by atoms with van der Waals surface area (Å²) < 4.78 is 10.5. The molecule has 0 unspecified atom stereocenters. The summed E-state index contributed by atoms with van der Waals surface area (Å²) in [6.07, 6.45) is -0.242. The van der Waals surface area contributed by atoms with E-state index in [0.717, 1.165) is 11.1 Å². The SMILES string of the molecule is [CH2]CC(NC(=N)N)(C(=O)OCc1ccccc1)C(=O)OCc1ccccc1. The van der Waals surface area contributed by atoms with Gasteiger partial charge in [-0.25, -0.2) is 9.59 Å². The molecule has 2 rings (SSSR count). The van der Waals surface area contributed by atoms with Gasteiger partial charge in [-0.15, -0.1) is 0 Å². The lowest BCUT2D eigenvalue weighted by Crippen LogP contribution is -2.62. The number of ether oxygens (including phenoxy) is 2. The zero-order valence-corrected chi connectivity index (χ0v) is 14.8. The Morgan fingerprint density at radius 3 is 1.67 bits per heavy atom. The van der Waals surface area contributed by atoms with Crippen molar-refractivity contribution in [2.45, 2.75) is 25.2 Å². The highest BCUT2D eigenvalue weighted by Crippen LogP contribution is 2.18. The Kier molecular flexibility index (Phi) is 6.93. The molecule has 4 N–H and O–H groups in total. The molecule has 0 aromatic heterocycles. The molecule has 0 bridgehead atoms. The third kappa shape index (κ3) is 5.31. The fourth-order valence-electron chi connectivity index (χ4n) is 2.37. The minimum absolute atomic E-state index is 0.0347. The van der Waals surface area contributed by atoms with Crippen LogP contribution in [0.15, 0.2) is 60.7 Å². The minimum atomic E-state index is -1.99. The van der Waals surface area contributed by atoms with Crippen molar-refractivity contribution in [3.05, 3.63) is 78.7 Å². The second-order valence-corrected chi connectivity index (χ2v) is 5.82. The molecule has 0 aliphatic rings. The van der Waals surface area contributed by atoms with Gasteiger partial charge in [-0.1, -0.05) is 60.7 Å². The van der Waals surface area contributed by atoms with Crippen molar-refractivity contribution in [3.8, 4) is 0 Å². The van der Waals surface area contributed by atoms with Gasteiger partial charge in [0.15, 0.2) is 5.96 Å². The van der Waals surface area contributed by atoms with Crippen LogP contribution in [-0.4, -0.2) is 23.4 Å². The first-order valence-corrected chi connectivity index (χ1v) is 8.31. The van der Waals surface area contributed by atoms with Gasteiger partial charge in [0.25, 0.3) is 0 Å². The van der Waals surface area contributed by atoms with Crippen LogP contribution in [0.1, 0.15) is 17.5 Å². The maximum absolute atomic E-state index is 12.7. The van der Waals surface area contributed by atoms with Gasteiger partial charge in [0.1, 0.15) is 13.2 Å². The second-order valence-electron chi connectivity index (χ2n) is 5.82. The van der Waals surface area contributed by atoms with Crippen LogP contribution >= 0.6 is 0 Å². The molecule has 2 aromatic rings. The van der Waals surface area contributed by atoms with Gasteiger partial charge in [-0.05, 0) is 24.5 Å². The molecule has 7 nitrogen and oxygen atoms in total. The highest BCUT2D eigenvalue weighted by molar-refractivity contribution is 6.07. The summed E-state index contributed by atoms with van der Waals surface area (Å²) in [6, 6.07) is 18.0. The van der Waals surface area contributed by atoms with E-state index >= 15 is 0 Å². The molecule has 0 atom stereocenters. The zero-order valence-electron chi connectivity index (χ0n) is 14.8. The predicted octanol–water partition coefficient (Wildman–Crippen LogP) is 1.92. The molecule has 0 fully saturated rings. The Balaban J connectivity index is 2.13. The van der Waals surface area contributed by atoms with Gasteiger partial charge in [-0.3, -0.25) is 5.41 Å². The molecule has 0 aliphatic carbocycles. The number of carbonyl (C=O) groups excluding carboxylic acids is 2. The van der Waals surface area contributed by atoms with Crippen molar-refractivity contribution in [3.63, 3.8) is 0 Å². The summed E-state index contributed by atoms with van der Waals surface area (Å²) >= 11 is 0. The lowest BCUT2D eigenvalue weighted by atomic mass is 9.96. The number of rotatable bonds is 8. The van der Waals surface area contributed by atoms with Crippen LogP contribution in [0.4, 0.5) is 0 Å². The standard InChI is InChI=1S/C20H22N3O4/c1-2-20(23-19(21)22,17(24)26-13-15-9-5-3-6-10-15)18(25)27-14-16-11-7-4-8-12-16/h3-12H,1-2,13-14H2,(H4,21,22,23). The van der Waals surface area contributed by atoms with E-state index in [-0.39, 0.29) is 19.6 Å². The van der Waals surface area contributed by atoms with E-state index < -0.39 is 23.4 Å². The number of nitrogens with two attached hydrogens (primary N) is 1. The molecule has 2 aromatic carbocycles. The van der Waals surface area contributed by atoms with Crippen LogP contribution in [0.2, 0.25) is 0 Å². The average Bonchev–Trinajstić information content (AvgIpc) is 2.69. The number of carbonyl (C=O) groups is 2. The van der Waals surface area contributed by atoms with Crippen molar-refractivity contribution in [2.24, 2.45) is 5.73 Å². The average molecular weight is 368 g/mol. The van der Waals surface area contributed by atoms with Crippen molar-refractivity contribution >= 4 is 17.9 Å². The van der Waals surface area contributed by atoms with E-state index in [1.54, 1.807) is 48.5 Å². The topological polar surface area (TPSA) is 115 Å². The quantitative estimate of drug-likeness (QED) is 0.284. The van der Waals surface area contributed by atoms with Gasteiger partial charge in [0.2, 0.25) is 5.54 Å². The molecule has 141 valence electrons. The first-order valence-electron chi connectivity index (χ1n) is 8.31. The van der Waals surface area contributed by atoms with Crippen LogP contribution in [0, 0.1) is 12.3 Å². The summed E-state index contributed by atoms with van der Waals surface area (Å²) in [5.41, 5.74) is 4.89. The van der Waals surface area contributed by atoms with Crippen molar-refractivity contribution in [2.75, 3.05) is 0 Å². The molecular weight excluding hydrogens is 346 g/mol. The van der Waals surface area contributed by atoms with E-state index in [4.69, 9.17) is 20.6 Å². The molecule has 0 aliphatic heterocycles. The van der Waals surface area contributed by atoms with Gasteiger partial charge in [-0.2, -0.15) is 0 Å². The van der Waals surface area contributed by atoms with Crippen molar-refractivity contribution < 1.29 is 19.1 Å². The molecule has 0 heterocycles. The minimum Gasteiger partial charge on any atom is -0.459 e. The van der Waals surface area contributed by atoms with Gasteiger partial charge in [0, 0.05) is 0 Å². The predicted molar refractivity (Wildman–Crippen MR) is 100 cm³/mol. The number of guanidine groups is 1. The molecule has 0 amide bonds. The Bertz CT molecular complexity index is 723. The lowest BCUT2D eigenvalue weighted by Gasteiger charge is -2.29. The van der Waals surface area contributed by atoms with Crippen LogP contribution in [0.3, 0.4) is 0 Å². The summed E-state index contributed by atoms with van der Waals surface area (Å²) in [5, 5.41) is 9.82. The molecule has 7 heteroatoms. The highest BCUT2D eigenvalue weighted by Gasteiger charge is 2.48. The normalized spacial score (nSPS) is 10.7. The maximum atomic E-state index is 12.7. The van der Waals surface area contributed by atoms with Gasteiger partial charge < -0.3 is 20.5 Å². The number of nitrogens with one attached hydrogen (secondary N) is 2. The maximum Gasteiger partial charge on any atom is 0.344 e. The highest BCUT2D eigenvalue weighted by atomic mass is 16.6. The fraction of sp³-hybridized carbons (Fsp3) is 0.200. The molecular formula is C20H22N3O4. The molecule has 0 spiro atoms. The Hall–Kier alpha value is -3.35. The summed E-state index contributed by atoms with van der Waals surface area (Å²) in [6.45, 7) is 3.58. The Morgan fingerprint density at radius 2 is 1.33 bits per heavy atom. The fourth-order valence-corrected chi connectivity index (χ4v) is 2.37. The van der Waals surface area contributed by atoms with E-state index in [1.807, 2.05) is 12.1 Å². The van der Waals surface area contributed by atoms with Crippen LogP contribution in [0.25, 0.3) is 0 Å². The second kappa shape index (κ2) is 9.38. The van der Waals surface area contributed by atoms with Gasteiger partial charge in [0.05, 0.1) is 0 Å². The lowest BCUT2D eigenvalue weighted by molar-refractivity contribution is -0.167. The van der Waals surface area contributed by atoms with Crippen molar-refractivity contribution in [1.29, 1.82) is 5.41 Å². The largest absolute Gasteiger partial charge is 0.459 e. The molecule has 0 saturated carbocycles. The van der Waals surface area contributed by atoms with E-state index in [9.17, 15) is 9.59 Å². The monoisotopic (exact) mass is 368 g/mol. The number of esters is 2. The Morgan fingerprint density at radius 1 is 0.926 bits per heavy atom. The number of benzene rings is 2. The van der Waals surface area contributed by atoms with E-state index in [0.29, 0.717) is 0 Å². The summed E-state index contributed by atoms with van der Waals surface area (Å²) in [5.74, 6) is -2.38. The molecule has 1 radical (unpaired) electrons. The Labute approximate surface area is 158 Å². The third-order valence-corrected chi connectivity index (χ3v) is 3.85. The van der Waals surface area contributed by atoms with E-state index in [1.165, 1.54) is 0 Å². The summed E-state index contributed by atoms with van der Waals surface area (Å²) in [4.78, 5) is 25.4. The van der Waals surface area contributed by atoms with Crippen LogP contribution < -0.4 is 11.1 Å². The summed E-state index contributed by atoms with van der Waals surface area (Å²) in [7, 11) is 0. The van der Waals surface area contributed by atoms with Crippen molar-refractivity contribution in [1.82, 2.24) is 5.32 Å². The van der Waals surface area contributed by atoms with Gasteiger partial charge >= 0.3 is 11.9 Å². The number of hydrogen-bond acceptors (Lipinski definition) is 5. The van der Waals surface area contributed by atoms with Crippen LogP contribution in [0.5, 0.6) is 0 Å².